The summed E-state index contributed by atoms with van der Waals surface area (Å²) in [6, 6.07) is 13.8. The van der Waals surface area contributed by atoms with E-state index in [-0.39, 0.29) is 16.7 Å². The van der Waals surface area contributed by atoms with Gasteiger partial charge in [-0.15, -0.1) is 0 Å². The van der Waals surface area contributed by atoms with Crippen molar-refractivity contribution >= 4 is 35.0 Å². The Morgan fingerprint density at radius 3 is 2.68 bits per heavy atom. The fourth-order valence-electron chi connectivity index (χ4n) is 2.31. The Morgan fingerprint density at radius 1 is 1.18 bits per heavy atom. The molecule has 0 aliphatic carbocycles. The van der Waals surface area contributed by atoms with Crippen molar-refractivity contribution in [2.45, 2.75) is 6.92 Å². The topological polar surface area (TPSA) is 32.3 Å². The standard InChI is InChI=1S/C17H13FN2OS/c1-11-5-4-6-12(9-11)10-14-16(21)20(17(22)19-14)15-8-3-2-7-13(15)18/h2-10H,1H3,(H,19,22)/b14-10-. The highest BCUT2D eigenvalue weighted by Gasteiger charge is 2.33. The number of aryl methyl sites for hydroxylation is 1. The number of thiocarbonyl (C=S) groups is 1. The molecule has 0 spiro atoms. The van der Waals surface area contributed by atoms with E-state index in [9.17, 15) is 9.18 Å². The van der Waals surface area contributed by atoms with Crippen molar-refractivity contribution in [3.8, 4) is 0 Å². The molecule has 110 valence electrons. The van der Waals surface area contributed by atoms with Crippen molar-refractivity contribution in [1.29, 1.82) is 0 Å². The van der Waals surface area contributed by atoms with Crippen LogP contribution in [0.25, 0.3) is 6.08 Å². The average Bonchev–Trinajstić information content (AvgIpc) is 2.74. The maximum Gasteiger partial charge on any atom is 0.281 e. The summed E-state index contributed by atoms with van der Waals surface area (Å²) in [6.45, 7) is 1.97. The third-order valence-electron chi connectivity index (χ3n) is 3.32. The molecular weight excluding hydrogens is 299 g/mol. The summed E-state index contributed by atoms with van der Waals surface area (Å²) in [4.78, 5) is 13.7. The number of benzene rings is 2. The summed E-state index contributed by atoms with van der Waals surface area (Å²) in [5.74, 6) is -0.853. The predicted octanol–water partition coefficient (Wildman–Crippen LogP) is 3.40. The van der Waals surface area contributed by atoms with Gasteiger partial charge in [0.15, 0.2) is 5.11 Å². The van der Waals surface area contributed by atoms with Gasteiger partial charge in [0.1, 0.15) is 11.5 Å². The first kappa shape index (κ1) is 14.4. The number of halogens is 1. The second kappa shape index (κ2) is 5.69. The number of nitrogens with zero attached hydrogens (tertiary/aromatic N) is 1. The normalized spacial score (nSPS) is 16.3. The number of amides is 1. The van der Waals surface area contributed by atoms with E-state index >= 15 is 0 Å². The van der Waals surface area contributed by atoms with Crippen LogP contribution in [0.4, 0.5) is 10.1 Å². The Hall–Kier alpha value is -2.53. The number of nitrogens with one attached hydrogen (secondary N) is 1. The molecule has 0 unspecified atom stereocenters. The van der Waals surface area contributed by atoms with Gasteiger partial charge in [0.25, 0.3) is 5.91 Å². The Labute approximate surface area is 133 Å². The Morgan fingerprint density at radius 2 is 1.95 bits per heavy atom. The molecule has 3 nitrogen and oxygen atoms in total. The molecule has 22 heavy (non-hydrogen) atoms. The smallest absolute Gasteiger partial charge is 0.281 e. The van der Waals surface area contributed by atoms with E-state index in [1.807, 2.05) is 31.2 Å². The minimum Gasteiger partial charge on any atom is -0.327 e. The van der Waals surface area contributed by atoms with Gasteiger partial charge < -0.3 is 5.32 Å². The quantitative estimate of drug-likeness (QED) is 0.681. The monoisotopic (exact) mass is 312 g/mol. The van der Waals surface area contributed by atoms with Gasteiger partial charge in [-0.1, -0.05) is 42.0 Å². The maximum atomic E-state index is 13.9. The molecule has 2 aromatic carbocycles. The number of carbonyl (C=O) groups excluding carboxylic acids is 1. The van der Waals surface area contributed by atoms with Crippen LogP contribution in [0.3, 0.4) is 0 Å². The van der Waals surface area contributed by atoms with Gasteiger partial charge in [-0.3, -0.25) is 4.79 Å². The van der Waals surface area contributed by atoms with E-state index in [1.54, 1.807) is 18.2 Å². The SMILES string of the molecule is Cc1cccc(/C=C2\NC(=S)N(c3ccccc3F)C2=O)c1. The zero-order chi connectivity index (χ0) is 15.7. The first-order valence-electron chi connectivity index (χ1n) is 6.74. The van der Waals surface area contributed by atoms with Gasteiger partial charge in [0.2, 0.25) is 0 Å². The molecule has 0 saturated carbocycles. The molecule has 1 aliphatic rings. The summed E-state index contributed by atoms with van der Waals surface area (Å²) < 4.78 is 13.9. The van der Waals surface area contributed by atoms with Crippen molar-refractivity contribution < 1.29 is 9.18 Å². The van der Waals surface area contributed by atoms with Gasteiger partial charge >= 0.3 is 0 Å². The molecule has 1 fully saturated rings. The summed E-state index contributed by atoms with van der Waals surface area (Å²) >= 11 is 5.16. The molecule has 1 aliphatic heterocycles. The highest BCUT2D eigenvalue weighted by Crippen LogP contribution is 2.25. The molecule has 1 N–H and O–H groups in total. The zero-order valence-electron chi connectivity index (χ0n) is 11.8. The van der Waals surface area contributed by atoms with Gasteiger partial charge in [0, 0.05) is 0 Å². The Kier molecular flexibility index (Phi) is 3.73. The van der Waals surface area contributed by atoms with E-state index in [1.165, 1.54) is 17.0 Å². The van der Waals surface area contributed by atoms with Crippen LogP contribution in [0.1, 0.15) is 11.1 Å². The number of carbonyl (C=O) groups is 1. The number of hydrogen-bond acceptors (Lipinski definition) is 2. The molecule has 2 aromatic rings. The van der Waals surface area contributed by atoms with E-state index in [4.69, 9.17) is 12.2 Å². The van der Waals surface area contributed by atoms with Gasteiger partial charge in [-0.2, -0.15) is 0 Å². The molecular formula is C17H13FN2OS. The first-order valence-corrected chi connectivity index (χ1v) is 7.15. The van der Waals surface area contributed by atoms with Gasteiger partial charge in [-0.05, 0) is 42.9 Å². The Balaban J connectivity index is 1.97. The summed E-state index contributed by atoms with van der Waals surface area (Å²) in [5, 5.41) is 3.02. The van der Waals surface area contributed by atoms with E-state index in [2.05, 4.69) is 5.32 Å². The van der Waals surface area contributed by atoms with E-state index in [0.29, 0.717) is 5.70 Å². The number of anilines is 1. The molecule has 0 aromatic heterocycles. The predicted molar refractivity (Wildman–Crippen MR) is 88.8 cm³/mol. The molecule has 1 saturated heterocycles. The third kappa shape index (κ3) is 2.63. The van der Waals surface area contributed by atoms with Gasteiger partial charge in [0.05, 0.1) is 5.69 Å². The molecule has 1 heterocycles. The summed E-state index contributed by atoms with van der Waals surface area (Å²) in [7, 11) is 0. The number of hydrogen-bond donors (Lipinski definition) is 1. The Bertz CT molecular complexity index is 801. The molecule has 5 heteroatoms. The minimum absolute atomic E-state index is 0.151. The lowest BCUT2D eigenvalue weighted by molar-refractivity contribution is -0.113. The molecule has 1 amide bonds. The van der Waals surface area contributed by atoms with Crippen molar-refractivity contribution in [2.75, 3.05) is 4.90 Å². The van der Waals surface area contributed by atoms with Crippen molar-refractivity contribution in [3.63, 3.8) is 0 Å². The van der Waals surface area contributed by atoms with Crippen molar-refractivity contribution in [2.24, 2.45) is 0 Å². The van der Waals surface area contributed by atoms with Crippen LogP contribution in [0.5, 0.6) is 0 Å². The zero-order valence-corrected chi connectivity index (χ0v) is 12.7. The van der Waals surface area contributed by atoms with Crippen LogP contribution >= 0.6 is 12.2 Å². The molecule has 0 bridgehead atoms. The number of para-hydroxylation sites is 1. The van der Waals surface area contributed by atoms with Crippen molar-refractivity contribution in [3.05, 3.63) is 71.2 Å². The summed E-state index contributed by atoms with van der Waals surface area (Å²) in [5.41, 5.74) is 2.46. The third-order valence-corrected chi connectivity index (χ3v) is 3.61. The lowest BCUT2D eigenvalue weighted by Crippen LogP contribution is -2.31. The molecule has 0 radical (unpaired) electrons. The van der Waals surface area contributed by atoms with Crippen LogP contribution < -0.4 is 10.2 Å². The fourth-order valence-corrected chi connectivity index (χ4v) is 2.60. The second-order valence-corrected chi connectivity index (χ2v) is 5.38. The summed E-state index contributed by atoms with van der Waals surface area (Å²) in [6.07, 6.45) is 1.71. The van der Waals surface area contributed by atoms with Crippen molar-refractivity contribution in [1.82, 2.24) is 5.32 Å². The van der Waals surface area contributed by atoms with Crippen LogP contribution in [0.15, 0.2) is 54.2 Å². The molecule has 0 atom stereocenters. The second-order valence-electron chi connectivity index (χ2n) is 4.99. The van der Waals surface area contributed by atoms with Crippen LogP contribution in [-0.2, 0) is 4.79 Å². The highest BCUT2D eigenvalue weighted by atomic mass is 32.1. The van der Waals surface area contributed by atoms with Gasteiger partial charge in [-0.25, -0.2) is 9.29 Å². The molecule has 3 rings (SSSR count). The largest absolute Gasteiger partial charge is 0.327 e. The van der Waals surface area contributed by atoms with E-state index < -0.39 is 5.82 Å². The van der Waals surface area contributed by atoms with Crippen LogP contribution in [-0.4, -0.2) is 11.0 Å². The minimum atomic E-state index is -0.489. The first-order chi connectivity index (χ1) is 10.6. The fraction of sp³-hybridized carbons (Fsp3) is 0.0588. The van der Waals surface area contributed by atoms with Crippen LogP contribution in [0, 0.1) is 12.7 Å². The van der Waals surface area contributed by atoms with E-state index in [0.717, 1.165) is 11.1 Å². The average molecular weight is 312 g/mol. The highest BCUT2D eigenvalue weighted by molar-refractivity contribution is 7.80. The lowest BCUT2D eigenvalue weighted by atomic mass is 10.1. The maximum absolute atomic E-state index is 13.9. The number of rotatable bonds is 2. The lowest BCUT2D eigenvalue weighted by Gasteiger charge is -2.14. The van der Waals surface area contributed by atoms with Crippen LogP contribution in [0.2, 0.25) is 0 Å².